The van der Waals surface area contributed by atoms with E-state index in [9.17, 15) is 14.4 Å². The van der Waals surface area contributed by atoms with Gasteiger partial charge in [0.05, 0.1) is 12.1 Å². The summed E-state index contributed by atoms with van der Waals surface area (Å²) in [5.74, 6) is -0.987. The van der Waals surface area contributed by atoms with Crippen LogP contribution in [0.1, 0.15) is 34.3 Å². The van der Waals surface area contributed by atoms with Gasteiger partial charge in [0.1, 0.15) is 5.69 Å². The minimum atomic E-state index is -0.458. The van der Waals surface area contributed by atoms with Gasteiger partial charge in [-0.15, -0.1) is 0 Å². The number of piperazine rings is 1. The Morgan fingerprint density at radius 3 is 1.97 bits per heavy atom. The van der Waals surface area contributed by atoms with Crippen molar-refractivity contribution < 1.29 is 14.4 Å². The molecule has 36 heavy (non-hydrogen) atoms. The molecule has 0 radical (unpaired) electrons. The molecule has 3 heterocycles. The van der Waals surface area contributed by atoms with Crippen molar-refractivity contribution in [1.29, 1.82) is 0 Å². The Hall–Kier alpha value is -3.94. The number of carbonyl (C=O) groups excluding carboxylic acids is 3. The van der Waals surface area contributed by atoms with Gasteiger partial charge in [0.2, 0.25) is 0 Å². The highest BCUT2D eigenvalue weighted by molar-refractivity contribution is 6.35. The molecule has 2 aliphatic rings. The second kappa shape index (κ2) is 10.4. The van der Waals surface area contributed by atoms with Gasteiger partial charge < -0.3 is 14.7 Å². The van der Waals surface area contributed by atoms with Crippen molar-refractivity contribution in [2.75, 3.05) is 39.3 Å². The molecule has 0 saturated carbocycles. The van der Waals surface area contributed by atoms with Crippen molar-refractivity contribution in [3.8, 4) is 11.3 Å². The van der Waals surface area contributed by atoms with Crippen LogP contribution in [0.3, 0.4) is 0 Å². The summed E-state index contributed by atoms with van der Waals surface area (Å²) in [6, 6.07) is 18.0. The number of likely N-dealkylation sites (tertiary alicyclic amines) is 1. The molecule has 8 heteroatoms. The molecule has 0 spiro atoms. The molecule has 0 bridgehead atoms. The lowest BCUT2D eigenvalue weighted by Crippen LogP contribution is -2.54. The fourth-order valence-electron chi connectivity index (χ4n) is 4.83. The summed E-state index contributed by atoms with van der Waals surface area (Å²) in [5.41, 5.74) is 4.33. The number of amides is 3. The Labute approximate surface area is 211 Å². The van der Waals surface area contributed by atoms with Gasteiger partial charge in [0, 0.05) is 51.0 Å². The highest BCUT2D eigenvalue weighted by atomic mass is 16.2. The summed E-state index contributed by atoms with van der Waals surface area (Å²) in [5, 5.41) is 4.79. The Balaban J connectivity index is 1.32. The molecule has 0 atom stereocenters. The van der Waals surface area contributed by atoms with Gasteiger partial charge in [-0.2, -0.15) is 5.10 Å². The van der Waals surface area contributed by atoms with Crippen LogP contribution in [-0.4, -0.2) is 81.5 Å². The standard InChI is InChI=1S/C28H31N5O3/c1-21-9-11-23(12-10-21)25-24(20-33(29-25)19-22-7-3-2-4-8-22)26(34)31-15-17-32(18-16-31)28(36)27(35)30-13-5-6-14-30/h2-4,7-12,20H,5-6,13-19H2,1H3. The molecule has 5 rings (SSSR count). The first-order chi connectivity index (χ1) is 17.5. The van der Waals surface area contributed by atoms with Crippen molar-refractivity contribution in [3.63, 3.8) is 0 Å². The van der Waals surface area contributed by atoms with Crippen LogP contribution < -0.4 is 0 Å². The first-order valence-corrected chi connectivity index (χ1v) is 12.6. The Morgan fingerprint density at radius 2 is 1.33 bits per heavy atom. The van der Waals surface area contributed by atoms with E-state index in [0.717, 1.165) is 29.5 Å². The third-order valence-corrected chi connectivity index (χ3v) is 6.93. The molecule has 8 nitrogen and oxygen atoms in total. The molecule has 2 aromatic carbocycles. The Bertz CT molecular complexity index is 1240. The minimum Gasteiger partial charge on any atom is -0.335 e. The van der Waals surface area contributed by atoms with Crippen LogP contribution in [-0.2, 0) is 16.1 Å². The molecule has 3 amide bonds. The molecule has 0 aliphatic carbocycles. The van der Waals surface area contributed by atoms with Crippen molar-refractivity contribution in [2.45, 2.75) is 26.3 Å². The van der Waals surface area contributed by atoms with E-state index in [-0.39, 0.29) is 5.91 Å². The zero-order chi connectivity index (χ0) is 25.1. The van der Waals surface area contributed by atoms with Gasteiger partial charge in [-0.3, -0.25) is 19.1 Å². The van der Waals surface area contributed by atoms with Crippen LogP contribution in [0.15, 0.2) is 60.8 Å². The number of rotatable bonds is 4. The SMILES string of the molecule is Cc1ccc(-c2nn(Cc3ccccc3)cc2C(=O)N2CCN(C(=O)C(=O)N3CCCC3)CC2)cc1. The minimum absolute atomic E-state index is 0.108. The molecular formula is C28H31N5O3. The molecule has 0 N–H and O–H groups in total. The van der Waals surface area contributed by atoms with Crippen molar-refractivity contribution in [1.82, 2.24) is 24.5 Å². The normalized spacial score (nSPS) is 15.9. The fourth-order valence-corrected chi connectivity index (χ4v) is 4.83. The van der Waals surface area contributed by atoms with E-state index in [1.165, 1.54) is 0 Å². The lowest BCUT2D eigenvalue weighted by Gasteiger charge is -2.35. The van der Waals surface area contributed by atoms with Gasteiger partial charge in [0.25, 0.3) is 5.91 Å². The third kappa shape index (κ3) is 5.03. The van der Waals surface area contributed by atoms with Gasteiger partial charge in [-0.1, -0.05) is 60.2 Å². The van der Waals surface area contributed by atoms with Gasteiger partial charge in [-0.05, 0) is 25.3 Å². The molecule has 2 saturated heterocycles. The predicted octanol–water partition coefficient (Wildman–Crippen LogP) is 2.81. The van der Waals surface area contributed by atoms with E-state index < -0.39 is 11.8 Å². The summed E-state index contributed by atoms with van der Waals surface area (Å²) in [6.07, 6.45) is 3.71. The van der Waals surface area contributed by atoms with E-state index >= 15 is 0 Å². The second-order valence-electron chi connectivity index (χ2n) is 9.52. The lowest BCUT2D eigenvalue weighted by molar-refractivity contribution is -0.152. The van der Waals surface area contributed by atoms with E-state index in [1.807, 2.05) is 72.4 Å². The van der Waals surface area contributed by atoms with Gasteiger partial charge >= 0.3 is 11.8 Å². The maximum atomic E-state index is 13.6. The van der Waals surface area contributed by atoms with E-state index in [4.69, 9.17) is 5.10 Å². The third-order valence-electron chi connectivity index (χ3n) is 6.93. The zero-order valence-corrected chi connectivity index (χ0v) is 20.6. The molecular weight excluding hydrogens is 454 g/mol. The Kier molecular flexibility index (Phi) is 6.84. The number of hydrogen-bond donors (Lipinski definition) is 0. The highest BCUT2D eigenvalue weighted by Crippen LogP contribution is 2.25. The highest BCUT2D eigenvalue weighted by Gasteiger charge is 2.33. The van der Waals surface area contributed by atoms with Crippen LogP contribution in [0.25, 0.3) is 11.3 Å². The van der Waals surface area contributed by atoms with Gasteiger partial charge in [-0.25, -0.2) is 0 Å². The van der Waals surface area contributed by atoms with Crippen LogP contribution in [0.4, 0.5) is 0 Å². The second-order valence-corrected chi connectivity index (χ2v) is 9.52. The smallest absolute Gasteiger partial charge is 0.312 e. The number of benzene rings is 2. The number of hydrogen-bond acceptors (Lipinski definition) is 4. The number of aryl methyl sites for hydroxylation is 1. The van der Waals surface area contributed by atoms with E-state index in [1.54, 1.807) is 14.7 Å². The summed E-state index contributed by atoms with van der Waals surface area (Å²) < 4.78 is 1.81. The molecule has 2 fully saturated rings. The monoisotopic (exact) mass is 485 g/mol. The first-order valence-electron chi connectivity index (χ1n) is 12.6. The van der Waals surface area contributed by atoms with E-state index in [0.29, 0.717) is 57.1 Å². The zero-order valence-electron chi connectivity index (χ0n) is 20.6. The van der Waals surface area contributed by atoms with Crippen LogP contribution in [0.5, 0.6) is 0 Å². The topological polar surface area (TPSA) is 78.8 Å². The average Bonchev–Trinajstić information content (AvgIpc) is 3.59. The molecule has 2 aliphatic heterocycles. The average molecular weight is 486 g/mol. The van der Waals surface area contributed by atoms with Crippen molar-refractivity contribution >= 4 is 17.7 Å². The van der Waals surface area contributed by atoms with Crippen LogP contribution in [0.2, 0.25) is 0 Å². The summed E-state index contributed by atoms with van der Waals surface area (Å²) in [4.78, 5) is 43.8. The molecule has 0 unspecified atom stereocenters. The summed E-state index contributed by atoms with van der Waals surface area (Å²) >= 11 is 0. The van der Waals surface area contributed by atoms with Crippen LogP contribution in [0, 0.1) is 6.92 Å². The van der Waals surface area contributed by atoms with Crippen LogP contribution >= 0.6 is 0 Å². The lowest BCUT2D eigenvalue weighted by atomic mass is 10.1. The maximum absolute atomic E-state index is 13.6. The van der Waals surface area contributed by atoms with Gasteiger partial charge in [0.15, 0.2) is 0 Å². The largest absolute Gasteiger partial charge is 0.335 e. The number of carbonyl (C=O) groups is 3. The summed E-state index contributed by atoms with van der Waals surface area (Å²) in [6.45, 7) is 5.36. The quantitative estimate of drug-likeness (QED) is 0.533. The maximum Gasteiger partial charge on any atom is 0.312 e. The number of nitrogens with zero attached hydrogens (tertiary/aromatic N) is 5. The molecule has 186 valence electrons. The molecule has 1 aromatic heterocycles. The first kappa shape index (κ1) is 23.8. The molecule has 3 aromatic rings. The predicted molar refractivity (Wildman–Crippen MR) is 136 cm³/mol. The van der Waals surface area contributed by atoms with Crippen molar-refractivity contribution in [2.24, 2.45) is 0 Å². The van der Waals surface area contributed by atoms with Crippen molar-refractivity contribution in [3.05, 3.63) is 77.5 Å². The number of aromatic nitrogens is 2. The summed E-state index contributed by atoms with van der Waals surface area (Å²) in [7, 11) is 0. The Morgan fingerprint density at radius 1 is 0.750 bits per heavy atom. The fraction of sp³-hybridized carbons (Fsp3) is 0.357. The van der Waals surface area contributed by atoms with E-state index in [2.05, 4.69) is 0 Å².